The van der Waals surface area contributed by atoms with Crippen LogP contribution in [0.25, 0.3) is 16.1 Å². The minimum atomic E-state index is -4.54. The lowest BCUT2D eigenvalue weighted by atomic mass is 9.95. The number of fused-ring (bicyclic) bond motifs is 1. The number of alkyl halides is 3. The number of halogens is 4. The number of hydrogen-bond acceptors (Lipinski definition) is 2. The molecule has 0 amide bonds. The van der Waals surface area contributed by atoms with Gasteiger partial charge in [0.1, 0.15) is 0 Å². The molecule has 1 aliphatic rings. The molecule has 0 atom stereocenters. The Bertz CT molecular complexity index is 805. The summed E-state index contributed by atoms with van der Waals surface area (Å²) in [7, 11) is 0. The van der Waals surface area contributed by atoms with Crippen LogP contribution in [-0.4, -0.2) is 9.78 Å². The molecular weight excluding hydrogens is 331 g/mol. The van der Waals surface area contributed by atoms with E-state index in [-0.39, 0.29) is 22.0 Å². The number of nitrogens with zero attached hydrogens (tertiary/aromatic N) is 5. The topological polar surface area (TPSA) is 66.6 Å². The number of hydrogen-bond donors (Lipinski definition) is 0. The number of aromatic nitrogens is 2. The highest BCUT2D eigenvalue weighted by Gasteiger charge is 2.40. The van der Waals surface area contributed by atoms with E-state index in [0.717, 1.165) is 6.42 Å². The van der Waals surface area contributed by atoms with Crippen LogP contribution in [0.2, 0.25) is 5.02 Å². The second-order valence-electron chi connectivity index (χ2n) is 5.19. The summed E-state index contributed by atoms with van der Waals surface area (Å²) in [6.45, 7) is 0. The summed E-state index contributed by atoms with van der Waals surface area (Å²) in [5, 5.41) is 7.46. The highest BCUT2D eigenvalue weighted by atomic mass is 35.5. The van der Waals surface area contributed by atoms with Gasteiger partial charge >= 0.3 is 6.18 Å². The summed E-state index contributed by atoms with van der Waals surface area (Å²) in [6.07, 6.45) is -2.28. The van der Waals surface area contributed by atoms with E-state index in [1.54, 1.807) is 6.07 Å². The highest BCUT2D eigenvalue weighted by molar-refractivity contribution is 6.32. The number of rotatable bonds is 2. The van der Waals surface area contributed by atoms with Gasteiger partial charge in [0, 0.05) is 16.2 Å². The van der Waals surface area contributed by atoms with Crippen molar-refractivity contribution >= 4 is 17.3 Å². The van der Waals surface area contributed by atoms with Crippen LogP contribution in [0.15, 0.2) is 23.3 Å². The molecule has 0 bridgehead atoms. The Morgan fingerprint density at radius 3 is 2.70 bits per heavy atom. The van der Waals surface area contributed by atoms with Crippen molar-refractivity contribution < 1.29 is 13.2 Å². The third kappa shape index (κ3) is 2.75. The van der Waals surface area contributed by atoms with Crippen LogP contribution in [0.1, 0.15) is 29.8 Å². The lowest BCUT2D eigenvalue weighted by Gasteiger charge is -2.16. The number of azide groups is 1. The SMILES string of the molecule is [N-]=[N+]=Nc1cccc(Cl)c1-n1nc(C(F)(F)F)c2c1CCCC2. The fraction of sp³-hybridized carbons (Fsp3) is 0.357. The van der Waals surface area contributed by atoms with Gasteiger partial charge in [0.05, 0.1) is 16.4 Å². The van der Waals surface area contributed by atoms with Crippen LogP contribution < -0.4 is 0 Å². The van der Waals surface area contributed by atoms with Crippen molar-refractivity contribution in [1.82, 2.24) is 9.78 Å². The maximum Gasteiger partial charge on any atom is 0.435 e. The summed E-state index contributed by atoms with van der Waals surface area (Å²) in [4.78, 5) is 2.70. The molecule has 1 heterocycles. The molecule has 0 radical (unpaired) electrons. The molecule has 1 aliphatic carbocycles. The molecule has 0 N–H and O–H groups in total. The molecule has 0 fully saturated rings. The second kappa shape index (κ2) is 5.79. The summed E-state index contributed by atoms with van der Waals surface area (Å²) >= 11 is 6.14. The molecule has 0 saturated heterocycles. The minimum absolute atomic E-state index is 0.143. The van der Waals surface area contributed by atoms with Crippen LogP contribution in [-0.2, 0) is 19.0 Å². The molecule has 3 rings (SSSR count). The van der Waals surface area contributed by atoms with Gasteiger partial charge in [-0.2, -0.15) is 18.3 Å². The Morgan fingerprint density at radius 1 is 1.26 bits per heavy atom. The zero-order valence-corrected chi connectivity index (χ0v) is 12.6. The Hall–Kier alpha value is -2.18. The van der Waals surface area contributed by atoms with Gasteiger partial charge in [-0.05, 0) is 37.3 Å². The van der Waals surface area contributed by atoms with Crippen molar-refractivity contribution in [2.24, 2.45) is 5.11 Å². The fourth-order valence-corrected chi connectivity index (χ4v) is 3.10. The number of para-hydroxylation sites is 1. The van der Waals surface area contributed by atoms with Crippen molar-refractivity contribution in [3.05, 3.63) is 50.6 Å². The Balaban J connectivity index is 2.30. The van der Waals surface area contributed by atoms with Gasteiger partial charge in [0.25, 0.3) is 0 Å². The smallest absolute Gasteiger partial charge is 0.235 e. The average Bonchev–Trinajstić information content (AvgIpc) is 2.87. The maximum absolute atomic E-state index is 13.3. The van der Waals surface area contributed by atoms with Crippen LogP contribution in [0.4, 0.5) is 18.9 Å². The summed E-state index contributed by atoms with van der Waals surface area (Å²) in [5.74, 6) is 0. The monoisotopic (exact) mass is 341 g/mol. The first-order valence-corrected chi connectivity index (χ1v) is 7.33. The van der Waals surface area contributed by atoms with E-state index >= 15 is 0 Å². The van der Waals surface area contributed by atoms with E-state index in [2.05, 4.69) is 15.1 Å². The first kappa shape index (κ1) is 15.7. The van der Waals surface area contributed by atoms with E-state index in [9.17, 15) is 13.2 Å². The van der Waals surface area contributed by atoms with Crippen molar-refractivity contribution in [3.8, 4) is 5.69 Å². The van der Waals surface area contributed by atoms with E-state index in [1.165, 1.54) is 16.8 Å². The Labute approximate surface area is 134 Å². The molecule has 0 saturated carbocycles. The quantitative estimate of drug-likeness (QED) is 0.411. The van der Waals surface area contributed by atoms with Crippen molar-refractivity contribution in [2.45, 2.75) is 31.9 Å². The Kier molecular flexibility index (Phi) is 3.95. The molecule has 2 aromatic rings. The van der Waals surface area contributed by atoms with E-state index < -0.39 is 11.9 Å². The summed E-state index contributed by atoms with van der Waals surface area (Å²) < 4.78 is 41.0. The lowest BCUT2D eigenvalue weighted by molar-refractivity contribution is -0.142. The van der Waals surface area contributed by atoms with Crippen LogP contribution in [0, 0.1) is 0 Å². The maximum atomic E-state index is 13.3. The van der Waals surface area contributed by atoms with Crippen LogP contribution in [0.3, 0.4) is 0 Å². The van der Waals surface area contributed by atoms with Gasteiger partial charge in [0.2, 0.25) is 0 Å². The number of benzene rings is 1. The predicted molar refractivity (Wildman–Crippen MR) is 79.0 cm³/mol. The standard InChI is InChI=1S/C14H11ClF3N5/c15-9-5-3-6-10(20-22-19)12(9)23-11-7-2-1-4-8(11)13(21-23)14(16,17)18/h3,5-6H,1-2,4,7H2. The first-order chi connectivity index (χ1) is 10.9. The lowest BCUT2D eigenvalue weighted by Crippen LogP contribution is -2.11. The largest absolute Gasteiger partial charge is 0.435 e. The second-order valence-corrected chi connectivity index (χ2v) is 5.59. The van der Waals surface area contributed by atoms with E-state index in [0.29, 0.717) is 25.0 Å². The van der Waals surface area contributed by atoms with E-state index in [1.807, 2.05) is 0 Å². The van der Waals surface area contributed by atoms with Crippen LogP contribution in [0.5, 0.6) is 0 Å². The molecule has 1 aromatic carbocycles. The van der Waals surface area contributed by atoms with Gasteiger partial charge in [-0.15, -0.1) is 0 Å². The van der Waals surface area contributed by atoms with Gasteiger partial charge in [-0.1, -0.05) is 28.8 Å². The molecule has 0 unspecified atom stereocenters. The average molecular weight is 342 g/mol. The minimum Gasteiger partial charge on any atom is -0.235 e. The fourth-order valence-electron chi connectivity index (χ4n) is 2.85. The zero-order chi connectivity index (χ0) is 16.6. The molecule has 0 spiro atoms. The van der Waals surface area contributed by atoms with Gasteiger partial charge in [-0.3, -0.25) is 0 Å². The van der Waals surface area contributed by atoms with Gasteiger partial charge < -0.3 is 0 Å². The van der Waals surface area contributed by atoms with Crippen molar-refractivity contribution in [2.75, 3.05) is 0 Å². The molecule has 23 heavy (non-hydrogen) atoms. The highest BCUT2D eigenvalue weighted by Crippen LogP contribution is 2.39. The normalized spacial score (nSPS) is 14.3. The molecule has 120 valence electrons. The third-order valence-corrected chi connectivity index (χ3v) is 4.08. The zero-order valence-electron chi connectivity index (χ0n) is 11.8. The molecule has 0 aliphatic heterocycles. The Morgan fingerprint density at radius 2 is 2.00 bits per heavy atom. The predicted octanol–water partition coefficient (Wildman–Crippen LogP) is 5.37. The summed E-state index contributed by atoms with van der Waals surface area (Å²) in [5.41, 5.74) is 8.78. The summed E-state index contributed by atoms with van der Waals surface area (Å²) in [6, 6.07) is 4.58. The first-order valence-electron chi connectivity index (χ1n) is 6.95. The van der Waals surface area contributed by atoms with Crippen molar-refractivity contribution in [3.63, 3.8) is 0 Å². The molecule has 9 heteroatoms. The van der Waals surface area contributed by atoms with Crippen molar-refractivity contribution in [1.29, 1.82) is 0 Å². The van der Waals surface area contributed by atoms with Gasteiger partial charge in [-0.25, -0.2) is 4.68 Å². The third-order valence-electron chi connectivity index (χ3n) is 3.78. The van der Waals surface area contributed by atoms with E-state index in [4.69, 9.17) is 17.1 Å². The molecule has 5 nitrogen and oxygen atoms in total. The van der Waals surface area contributed by atoms with Gasteiger partial charge in [0.15, 0.2) is 5.69 Å². The molecular formula is C14H11ClF3N5. The molecule has 1 aromatic heterocycles. The van der Waals surface area contributed by atoms with Crippen LogP contribution >= 0.6 is 11.6 Å².